The Morgan fingerprint density at radius 2 is 2.04 bits per heavy atom. The van der Waals surface area contributed by atoms with E-state index in [-0.39, 0.29) is 6.09 Å². The topological polar surface area (TPSA) is 41.6 Å². The van der Waals surface area contributed by atoms with Gasteiger partial charge in [-0.05, 0) is 58.2 Å². The van der Waals surface area contributed by atoms with Crippen LogP contribution >= 0.6 is 11.6 Å². The van der Waals surface area contributed by atoms with Crippen LogP contribution in [0.2, 0.25) is 5.02 Å². The summed E-state index contributed by atoms with van der Waals surface area (Å²) >= 11 is 5.91. The molecule has 0 aromatic heterocycles. The number of nitrogens with one attached hydrogen (secondary N) is 1. The van der Waals surface area contributed by atoms with Crippen molar-refractivity contribution in [2.75, 3.05) is 13.1 Å². The lowest BCUT2D eigenvalue weighted by Gasteiger charge is -2.25. The monoisotopic (exact) mass is 338 g/mol. The Labute approximate surface area is 144 Å². The first-order valence-electron chi connectivity index (χ1n) is 8.21. The van der Waals surface area contributed by atoms with Crippen molar-refractivity contribution in [1.29, 1.82) is 0 Å². The molecule has 1 aromatic rings. The van der Waals surface area contributed by atoms with Gasteiger partial charge in [0.15, 0.2) is 0 Å². The van der Waals surface area contributed by atoms with Crippen molar-refractivity contribution in [3.8, 4) is 0 Å². The fraction of sp³-hybridized carbons (Fsp3) is 0.611. The highest BCUT2D eigenvalue weighted by Gasteiger charge is 2.30. The van der Waals surface area contributed by atoms with Crippen molar-refractivity contribution < 1.29 is 9.53 Å². The number of halogens is 1. The zero-order valence-corrected chi connectivity index (χ0v) is 15.2. The average molecular weight is 339 g/mol. The van der Waals surface area contributed by atoms with Gasteiger partial charge in [-0.1, -0.05) is 23.7 Å². The van der Waals surface area contributed by atoms with Gasteiger partial charge in [-0.3, -0.25) is 0 Å². The third-order valence-corrected chi connectivity index (χ3v) is 4.07. The molecule has 1 aliphatic rings. The van der Waals surface area contributed by atoms with Crippen molar-refractivity contribution in [2.24, 2.45) is 0 Å². The molecule has 128 valence electrons. The highest BCUT2D eigenvalue weighted by Crippen LogP contribution is 2.16. The van der Waals surface area contributed by atoms with Crippen molar-refractivity contribution in [1.82, 2.24) is 10.2 Å². The van der Waals surface area contributed by atoms with Gasteiger partial charge >= 0.3 is 6.09 Å². The zero-order valence-electron chi connectivity index (χ0n) is 14.4. The van der Waals surface area contributed by atoms with E-state index in [0.29, 0.717) is 18.6 Å². The maximum atomic E-state index is 12.1. The second-order valence-corrected chi connectivity index (χ2v) is 7.75. The minimum absolute atomic E-state index is 0.216. The van der Waals surface area contributed by atoms with Gasteiger partial charge in [0, 0.05) is 30.2 Å². The number of carbonyl (C=O) groups excluding carboxylic acids is 1. The summed E-state index contributed by atoms with van der Waals surface area (Å²) in [4.78, 5) is 13.9. The predicted octanol–water partition coefficient (Wildman–Crippen LogP) is 3.87. The smallest absolute Gasteiger partial charge is 0.410 e. The molecule has 23 heavy (non-hydrogen) atoms. The number of nitrogens with zero attached hydrogens (tertiary/aromatic N) is 1. The number of likely N-dealkylation sites (tertiary alicyclic amines) is 1. The molecule has 0 spiro atoms. The molecule has 2 unspecified atom stereocenters. The molecule has 1 saturated heterocycles. The summed E-state index contributed by atoms with van der Waals surface area (Å²) in [5, 5.41) is 4.37. The van der Waals surface area contributed by atoms with Crippen molar-refractivity contribution >= 4 is 17.7 Å². The molecule has 0 bridgehead atoms. The number of benzene rings is 1. The molecule has 5 heteroatoms. The molecule has 0 saturated carbocycles. The summed E-state index contributed by atoms with van der Waals surface area (Å²) in [6.45, 7) is 9.31. The van der Waals surface area contributed by atoms with Crippen LogP contribution in [0, 0.1) is 0 Å². The molecule has 2 atom stereocenters. The van der Waals surface area contributed by atoms with Crippen LogP contribution in [-0.4, -0.2) is 41.8 Å². The summed E-state index contributed by atoms with van der Waals surface area (Å²) < 4.78 is 5.43. The van der Waals surface area contributed by atoms with E-state index in [1.54, 1.807) is 4.90 Å². The standard InChI is InChI=1S/C18H27ClN2O2/c1-13(11-14-5-7-15(19)8-6-14)20-16-9-10-21(12-16)17(22)23-18(2,3)4/h5-8,13,16,20H,9-12H2,1-4H3. The molecular formula is C18H27ClN2O2. The number of hydrogen-bond donors (Lipinski definition) is 1. The summed E-state index contributed by atoms with van der Waals surface area (Å²) in [6.07, 6.45) is 1.69. The summed E-state index contributed by atoms with van der Waals surface area (Å²) in [5.41, 5.74) is 0.821. The predicted molar refractivity (Wildman–Crippen MR) is 94.0 cm³/mol. The van der Waals surface area contributed by atoms with Gasteiger partial charge in [0.25, 0.3) is 0 Å². The molecular weight excluding hydrogens is 312 g/mol. The average Bonchev–Trinajstić information content (AvgIpc) is 2.88. The molecule has 0 aliphatic carbocycles. The summed E-state index contributed by atoms with van der Waals surface area (Å²) in [7, 11) is 0. The van der Waals surface area contributed by atoms with Crippen LogP contribution in [0.5, 0.6) is 0 Å². The Morgan fingerprint density at radius 3 is 2.65 bits per heavy atom. The minimum Gasteiger partial charge on any atom is -0.444 e. The number of rotatable bonds is 4. The van der Waals surface area contributed by atoms with Crippen LogP contribution in [0.3, 0.4) is 0 Å². The summed E-state index contributed by atoms with van der Waals surface area (Å²) in [5.74, 6) is 0. The van der Waals surface area contributed by atoms with E-state index in [1.807, 2.05) is 32.9 Å². The van der Waals surface area contributed by atoms with Crippen molar-refractivity contribution in [3.63, 3.8) is 0 Å². The van der Waals surface area contributed by atoms with Crippen LogP contribution in [0.4, 0.5) is 4.79 Å². The van der Waals surface area contributed by atoms with Gasteiger partial charge < -0.3 is 15.0 Å². The zero-order chi connectivity index (χ0) is 17.0. The molecule has 1 aliphatic heterocycles. The van der Waals surface area contributed by atoms with Gasteiger partial charge in [-0.25, -0.2) is 4.79 Å². The quantitative estimate of drug-likeness (QED) is 0.906. The Kier molecular flexibility index (Phi) is 5.93. The van der Waals surface area contributed by atoms with Crippen LogP contribution in [0.1, 0.15) is 39.7 Å². The Hall–Kier alpha value is -1.26. The molecule has 1 heterocycles. The van der Waals surface area contributed by atoms with Crippen LogP contribution < -0.4 is 5.32 Å². The molecule has 2 rings (SSSR count). The fourth-order valence-corrected chi connectivity index (χ4v) is 2.95. The van der Waals surface area contributed by atoms with Crippen LogP contribution in [-0.2, 0) is 11.2 Å². The van der Waals surface area contributed by atoms with Gasteiger partial charge in [0.2, 0.25) is 0 Å². The first kappa shape index (κ1) is 18.1. The van der Waals surface area contributed by atoms with E-state index in [1.165, 1.54) is 5.56 Å². The van der Waals surface area contributed by atoms with Gasteiger partial charge in [0.1, 0.15) is 5.60 Å². The molecule has 1 amide bonds. The minimum atomic E-state index is -0.440. The van der Waals surface area contributed by atoms with E-state index in [2.05, 4.69) is 24.4 Å². The van der Waals surface area contributed by atoms with Gasteiger partial charge in [-0.2, -0.15) is 0 Å². The summed E-state index contributed by atoms with van der Waals surface area (Å²) in [6, 6.07) is 8.63. The molecule has 1 fully saturated rings. The highest BCUT2D eigenvalue weighted by atomic mass is 35.5. The van der Waals surface area contributed by atoms with Gasteiger partial charge in [-0.15, -0.1) is 0 Å². The first-order chi connectivity index (χ1) is 10.7. The maximum Gasteiger partial charge on any atom is 0.410 e. The molecule has 1 aromatic carbocycles. The van der Waals surface area contributed by atoms with E-state index >= 15 is 0 Å². The lowest BCUT2D eigenvalue weighted by atomic mass is 10.1. The normalized spacial score (nSPS) is 19.7. The molecule has 0 radical (unpaired) electrons. The van der Waals surface area contributed by atoms with E-state index < -0.39 is 5.60 Å². The Balaban J connectivity index is 1.78. The fourth-order valence-electron chi connectivity index (χ4n) is 2.82. The maximum absolute atomic E-state index is 12.1. The van der Waals surface area contributed by atoms with E-state index in [4.69, 9.17) is 16.3 Å². The van der Waals surface area contributed by atoms with Crippen molar-refractivity contribution in [2.45, 2.75) is 58.2 Å². The van der Waals surface area contributed by atoms with Gasteiger partial charge in [0.05, 0.1) is 0 Å². The third kappa shape index (κ3) is 6.04. The lowest BCUT2D eigenvalue weighted by Crippen LogP contribution is -2.41. The van der Waals surface area contributed by atoms with Crippen LogP contribution in [0.15, 0.2) is 24.3 Å². The SMILES string of the molecule is CC(Cc1ccc(Cl)cc1)NC1CCN(C(=O)OC(C)(C)C)C1. The number of ether oxygens (including phenoxy) is 1. The van der Waals surface area contributed by atoms with Crippen LogP contribution in [0.25, 0.3) is 0 Å². The molecule has 1 N–H and O–H groups in total. The number of carbonyl (C=O) groups is 1. The largest absolute Gasteiger partial charge is 0.444 e. The lowest BCUT2D eigenvalue weighted by molar-refractivity contribution is 0.0290. The molecule has 4 nitrogen and oxygen atoms in total. The Bertz CT molecular complexity index is 525. The second-order valence-electron chi connectivity index (χ2n) is 7.31. The first-order valence-corrected chi connectivity index (χ1v) is 8.59. The highest BCUT2D eigenvalue weighted by molar-refractivity contribution is 6.30. The Morgan fingerprint density at radius 1 is 1.39 bits per heavy atom. The second kappa shape index (κ2) is 7.54. The van der Waals surface area contributed by atoms with E-state index in [0.717, 1.165) is 24.4 Å². The number of hydrogen-bond acceptors (Lipinski definition) is 3. The van der Waals surface area contributed by atoms with E-state index in [9.17, 15) is 4.79 Å². The van der Waals surface area contributed by atoms with Crippen molar-refractivity contribution in [3.05, 3.63) is 34.9 Å². The third-order valence-electron chi connectivity index (χ3n) is 3.82. The number of amides is 1.